The molecule has 0 aliphatic carbocycles. The molecule has 194 valence electrons. The van der Waals surface area contributed by atoms with Crippen molar-refractivity contribution in [3.63, 3.8) is 0 Å². The van der Waals surface area contributed by atoms with Crippen LogP contribution in [0.15, 0.2) is 41.0 Å². The Balaban J connectivity index is 1.50. The summed E-state index contributed by atoms with van der Waals surface area (Å²) in [5, 5.41) is 3.50. The van der Waals surface area contributed by atoms with Gasteiger partial charge in [0.05, 0.1) is 15.9 Å². The second kappa shape index (κ2) is 9.58. The van der Waals surface area contributed by atoms with E-state index in [0.717, 1.165) is 38.3 Å². The van der Waals surface area contributed by atoms with Gasteiger partial charge in [-0.2, -0.15) is 4.31 Å². The first-order chi connectivity index (χ1) is 17.6. The van der Waals surface area contributed by atoms with Crippen LogP contribution in [-0.4, -0.2) is 63.0 Å². The number of nitrogens with zero attached hydrogens (tertiary/aromatic N) is 4. The number of halogens is 1. The number of carbonyl (C=O) groups excluding carboxylic acids is 1. The Kier molecular flexibility index (Phi) is 6.59. The maximum atomic E-state index is 12.3. The molecule has 37 heavy (non-hydrogen) atoms. The highest BCUT2D eigenvalue weighted by atomic mass is 79.9. The number of aromatic amines is 1. The van der Waals surface area contributed by atoms with Gasteiger partial charge in [-0.05, 0) is 67.4 Å². The molecule has 4 N–H and O–H groups in total. The molecule has 12 heteroatoms. The van der Waals surface area contributed by atoms with E-state index in [1.807, 2.05) is 32.0 Å². The molecular weight excluding hydrogens is 558 g/mol. The lowest BCUT2D eigenvalue weighted by atomic mass is 10.2. The Bertz CT molecular complexity index is 1630. The molecule has 1 amide bonds. The summed E-state index contributed by atoms with van der Waals surface area (Å²) >= 11 is 3.59. The van der Waals surface area contributed by atoms with E-state index >= 15 is 0 Å². The first-order valence-corrected chi connectivity index (χ1v) is 14.4. The zero-order valence-corrected chi connectivity index (χ0v) is 23.1. The molecule has 1 saturated heterocycles. The van der Waals surface area contributed by atoms with Crippen LogP contribution in [0.5, 0.6) is 0 Å². The summed E-state index contributed by atoms with van der Waals surface area (Å²) in [6.45, 7) is 6.57. The smallest absolute Gasteiger partial charge is 0.248 e. The minimum Gasteiger partial charge on any atom is -0.378 e. The predicted molar refractivity (Wildman–Crippen MR) is 147 cm³/mol. The van der Waals surface area contributed by atoms with Gasteiger partial charge in [0, 0.05) is 53.5 Å². The maximum absolute atomic E-state index is 12.3. The normalized spacial score (nSPS) is 16.5. The standard InChI is InChI=1S/C25H28BrN7O3S/c1-4-37(35,36)32-9-8-17(13-32)29-21-20(26)12-28-25-22(21)30-24(31-25)19-10-14(2)33(15(19)3)18-7-5-6-16(11-18)23(27)34/h5-7,10-12,17H,4,8-9,13H2,1-3H3,(H2,27,34)(H2,28,29,30,31)/t17-/m0/s1. The van der Waals surface area contributed by atoms with Crippen LogP contribution in [0.3, 0.4) is 0 Å². The number of carbonyl (C=O) groups is 1. The van der Waals surface area contributed by atoms with Crippen molar-refractivity contribution in [2.45, 2.75) is 33.2 Å². The summed E-state index contributed by atoms with van der Waals surface area (Å²) in [6.07, 6.45) is 2.41. The number of hydrogen-bond donors (Lipinski definition) is 3. The molecule has 0 spiro atoms. The van der Waals surface area contributed by atoms with Crippen LogP contribution >= 0.6 is 15.9 Å². The number of hydrogen-bond acceptors (Lipinski definition) is 6. The van der Waals surface area contributed by atoms with E-state index < -0.39 is 15.9 Å². The SMILES string of the molecule is CCS(=O)(=O)N1CC[C@H](Nc2c(Br)cnc3nc(-c4cc(C)n(-c5cccc(C(N)=O)c5)c4C)[nH]c23)C1. The zero-order valence-electron chi connectivity index (χ0n) is 20.7. The van der Waals surface area contributed by atoms with E-state index in [1.54, 1.807) is 25.3 Å². The van der Waals surface area contributed by atoms with Crippen molar-refractivity contribution in [3.8, 4) is 17.1 Å². The lowest BCUT2D eigenvalue weighted by molar-refractivity contribution is 0.1000. The number of imidazole rings is 1. The van der Waals surface area contributed by atoms with Crippen LogP contribution in [0.1, 0.15) is 35.1 Å². The van der Waals surface area contributed by atoms with Gasteiger partial charge in [-0.25, -0.2) is 18.4 Å². The molecule has 4 heterocycles. The molecule has 1 aliphatic rings. The number of H-pyrrole nitrogens is 1. The highest BCUT2D eigenvalue weighted by molar-refractivity contribution is 9.10. The van der Waals surface area contributed by atoms with E-state index in [0.29, 0.717) is 36.5 Å². The molecule has 0 saturated carbocycles. The van der Waals surface area contributed by atoms with Crippen molar-refractivity contribution in [2.75, 3.05) is 24.2 Å². The molecule has 10 nitrogen and oxygen atoms in total. The van der Waals surface area contributed by atoms with Gasteiger partial charge in [0.2, 0.25) is 15.9 Å². The van der Waals surface area contributed by atoms with E-state index in [4.69, 9.17) is 10.7 Å². The van der Waals surface area contributed by atoms with Gasteiger partial charge in [0.15, 0.2) is 5.65 Å². The lowest BCUT2D eigenvalue weighted by Crippen LogP contribution is -2.32. The fraction of sp³-hybridized carbons (Fsp3) is 0.320. The number of rotatable bonds is 7. The predicted octanol–water partition coefficient (Wildman–Crippen LogP) is 3.73. The van der Waals surface area contributed by atoms with Crippen LogP contribution < -0.4 is 11.1 Å². The average molecular weight is 587 g/mol. The van der Waals surface area contributed by atoms with Crippen molar-refractivity contribution in [1.82, 2.24) is 23.8 Å². The fourth-order valence-corrected chi connectivity index (χ4v) is 6.46. The molecule has 0 radical (unpaired) electrons. The topological polar surface area (TPSA) is 139 Å². The summed E-state index contributed by atoms with van der Waals surface area (Å²) in [6, 6.07) is 9.21. The van der Waals surface area contributed by atoms with Crippen LogP contribution in [0.2, 0.25) is 0 Å². The van der Waals surface area contributed by atoms with E-state index in [1.165, 1.54) is 4.31 Å². The van der Waals surface area contributed by atoms with Crippen LogP contribution in [0.4, 0.5) is 5.69 Å². The molecule has 1 aromatic carbocycles. The van der Waals surface area contributed by atoms with Gasteiger partial charge in [-0.15, -0.1) is 0 Å². The maximum Gasteiger partial charge on any atom is 0.248 e. The van der Waals surface area contributed by atoms with Gasteiger partial charge in [0.25, 0.3) is 0 Å². The third-order valence-electron chi connectivity index (χ3n) is 6.81. The quantitative estimate of drug-likeness (QED) is 0.302. The minimum atomic E-state index is -3.22. The molecule has 1 fully saturated rings. The van der Waals surface area contributed by atoms with Gasteiger partial charge in [-0.1, -0.05) is 6.07 Å². The Morgan fingerprint density at radius 1 is 1.30 bits per heavy atom. The number of aromatic nitrogens is 4. The number of sulfonamides is 1. The Morgan fingerprint density at radius 2 is 2.08 bits per heavy atom. The Morgan fingerprint density at radius 3 is 2.81 bits per heavy atom. The van der Waals surface area contributed by atoms with Crippen LogP contribution in [-0.2, 0) is 10.0 Å². The minimum absolute atomic E-state index is 0.0300. The van der Waals surface area contributed by atoms with E-state index in [2.05, 4.69) is 35.8 Å². The van der Waals surface area contributed by atoms with Crippen LogP contribution in [0.25, 0.3) is 28.2 Å². The third-order valence-corrected chi connectivity index (χ3v) is 9.26. The molecular formula is C25H28BrN7O3S. The van der Waals surface area contributed by atoms with Crippen molar-refractivity contribution in [1.29, 1.82) is 0 Å². The lowest BCUT2D eigenvalue weighted by Gasteiger charge is -2.17. The van der Waals surface area contributed by atoms with Crippen molar-refractivity contribution < 1.29 is 13.2 Å². The van der Waals surface area contributed by atoms with E-state index in [9.17, 15) is 13.2 Å². The number of aryl methyl sites for hydroxylation is 1. The fourth-order valence-electron chi connectivity index (χ4n) is 4.89. The number of pyridine rings is 1. The first-order valence-electron chi connectivity index (χ1n) is 12.0. The summed E-state index contributed by atoms with van der Waals surface area (Å²) in [7, 11) is -3.22. The van der Waals surface area contributed by atoms with Gasteiger partial charge in [-0.3, -0.25) is 4.79 Å². The zero-order chi connectivity index (χ0) is 26.5. The number of fused-ring (bicyclic) bond motifs is 1. The Hall–Kier alpha value is -3.22. The number of nitrogens with one attached hydrogen (secondary N) is 2. The molecule has 4 aromatic rings. The summed E-state index contributed by atoms with van der Waals surface area (Å²) in [5.41, 5.74) is 11.7. The third kappa shape index (κ3) is 4.64. The summed E-state index contributed by atoms with van der Waals surface area (Å²) in [5.74, 6) is 0.282. The van der Waals surface area contributed by atoms with Gasteiger partial charge >= 0.3 is 0 Å². The Labute approximate surface area is 223 Å². The van der Waals surface area contributed by atoms with Crippen LogP contribution in [0, 0.1) is 13.8 Å². The van der Waals surface area contributed by atoms with Crippen molar-refractivity contribution in [2.24, 2.45) is 5.73 Å². The number of nitrogens with two attached hydrogens (primary N) is 1. The highest BCUT2D eigenvalue weighted by Crippen LogP contribution is 2.34. The second-order valence-corrected chi connectivity index (χ2v) is 12.3. The monoisotopic (exact) mass is 585 g/mol. The summed E-state index contributed by atoms with van der Waals surface area (Å²) in [4.78, 5) is 24.4. The molecule has 1 aliphatic heterocycles. The number of benzene rings is 1. The number of amides is 1. The molecule has 5 rings (SSSR count). The number of anilines is 1. The summed E-state index contributed by atoms with van der Waals surface area (Å²) < 4.78 is 28.9. The average Bonchev–Trinajstić information content (AvgIpc) is 3.58. The van der Waals surface area contributed by atoms with Gasteiger partial charge in [0.1, 0.15) is 11.3 Å². The molecule has 0 bridgehead atoms. The second-order valence-electron chi connectivity index (χ2n) is 9.19. The molecule has 1 atom stereocenters. The van der Waals surface area contributed by atoms with E-state index in [-0.39, 0.29) is 11.8 Å². The molecule has 3 aromatic heterocycles. The number of primary amides is 1. The first kappa shape index (κ1) is 25.4. The largest absolute Gasteiger partial charge is 0.378 e. The highest BCUT2D eigenvalue weighted by Gasteiger charge is 2.31. The van der Waals surface area contributed by atoms with Crippen molar-refractivity contribution in [3.05, 3.63) is 58.0 Å². The van der Waals surface area contributed by atoms with Gasteiger partial charge < -0.3 is 20.6 Å². The molecule has 0 unspecified atom stereocenters. The van der Waals surface area contributed by atoms with Crippen molar-refractivity contribution >= 4 is 48.7 Å².